The van der Waals surface area contributed by atoms with Gasteiger partial charge in [0, 0.05) is 4.88 Å². The van der Waals surface area contributed by atoms with Crippen molar-refractivity contribution in [3.8, 4) is 0 Å². The lowest BCUT2D eigenvalue weighted by Gasteiger charge is -2.19. The van der Waals surface area contributed by atoms with E-state index in [1.165, 1.54) is 18.4 Å². The Kier molecular flexibility index (Phi) is 4.34. The number of aryl methyl sites for hydroxylation is 1. The average Bonchev–Trinajstić information content (AvgIpc) is 2.55. The largest absolute Gasteiger partial charge is 0.465 e. The first-order valence-electron chi connectivity index (χ1n) is 5.41. The highest BCUT2D eigenvalue weighted by Gasteiger charge is 2.21. The molecule has 1 N–H and O–H groups in total. The Morgan fingerprint density at radius 2 is 1.94 bits per heavy atom. The predicted octanol–water partition coefficient (Wildman–Crippen LogP) is 3.19. The molecule has 0 atom stereocenters. The van der Waals surface area contributed by atoms with Crippen molar-refractivity contribution in [1.29, 1.82) is 0 Å². The second kappa shape index (κ2) is 5.39. The minimum Gasteiger partial charge on any atom is -0.465 e. The third-order valence-corrected chi connectivity index (χ3v) is 2.84. The predicted molar refractivity (Wildman–Crippen MR) is 70.3 cm³/mol. The van der Waals surface area contributed by atoms with Crippen molar-refractivity contribution in [2.45, 2.75) is 33.3 Å². The number of methoxy groups -OCH3 is 1. The molecule has 1 heterocycles. The molecule has 1 aromatic rings. The molecule has 0 unspecified atom stereocenters. The van der Waals surface area contributed by atoms with Crippen LogP contribution in [-0.2, 0) is 9.47 Å². The van der Waals surface area contributed by atoms with Crippen LogP contribution in [-0.4, -0.2) is 24.8 Å². The number of rotatable bonds is 2. The summed E-state index contributed by atoms with van der Waals surface area (Å²) in [5, 5.41) is 3.00. The molecule has 1 amide bonds. The van der Waals surface area contributed by atoms with Crippen LogP contribution in [0.4, 0.5) is 9.80 Å². The fourth-order valence-electron chi connectivity index (χ4n) is 1.26. The molecule has 5 nitrogen and oxygen atoms in total. The highest BCUT2D eigenvalue weighted by molar-refractivity contribution is 7.16. The summed E-state index contributed by atoms with van der Waals surface area (Å²) in [7, 11) is 1.30. The molecule has 0 aliphatic heterocycles. The van der Waals surface area contributed by atoms with Crippen molar-refractivity contribution >= 4 is 28.4 Å². The molecule has 6 heteroatoms. The number of thiophene rings is 1. The Morgan fingerprint density at radius 3 is 2.44 bits per heavy atom. The van der Waals surface area contributed by atoms with Crippen molar-refractivity contribution in [3.05, 3.63) is 16.5 Å². The number of hydrogen-bond acceptors (Lipinski definition) is 5. The lowest BCUT2D eigenvalue weighted by molar-refractivity contribution is 0.0602. The summed E-state index contributed by atoms with van der Waals surface area (Å²) in [4.78, 5) is 24.0. The Labute approximate surface area is 110 Å². The molecular formula is C12H17NO4S. The maximum atomic E-state index is 11.6. The van der Waals surface area contributed by atoms with Gasteiger partial charge < -0.3 is 9.47 Å². The van der Waals surface area contributed by atoms with E-state index in [0.29, 0.717) is 10.6 Å². The molecule has 0 fully saturated rings. The van der Waals surface area contributed by atoms with Crippen LogP contribution in [0.25, 0.3) is 0 Å². The van der Waals surface area contributed by atoms with Gasteiger partial charge in [-0.2, -0.15) is 0 Å². The van der Waals surface area contributed by atoms with Gasteiger partial charge in [0.05, 0.1) is 12.7 Å². The van der Waals surface area contributed by atoms with Gasteiger partial charge in [-0.25, -0.2) is 9.59 Å². The van der Waals surface area contributed by atoms with Crippen LogP contribution >= 0.6 is 11.3 Å². The summed E-state index contributed by atoms with van der Waals surface area (Å²) in [6, 6.07) is 1.67. The van der Waals surface area contributed by atoms with Gasteiger partial charge in [0.25, 0.3) is 0 Å². The molecule has 0 saturated carbocycles. The zero-order valence-corrected chi connectivity index (χ0v) is 11.9. The van der Waals surface area contributed by atoms with E-state index >= 15 is 0 Å². The average molecular weight is 271 g/mol. The number of carbonyl (C=O) groups is 2. The Morgan fingerprint density at radius 1 is 1.33 bits per heavy atom. The smallest absolute Gasteiger partial charge is 0.412 e. The van der Waals surface area contributed by atoms with Gasteiger partial charge in [0.2, 0.25) is 0 Å². The third kappa shape index (κ3) is 4.03. The standard InChI is InChI=1S/C12H17NO4S/c1-7-6-8(10(14)16-5)9(18-7)13-11(15)17-12(2,3)4/h6H,1-5H3,(H,13,15). The van der Waals surface area contributed by atoms with Gasteiger partial charge in [-0.15, -0.1) is 11.3 Å². The van der Waals surface area contributed by atoms with Crippen molar-refractivity contribution in [2.24, 2.45) is 0 Å². The fraction of sp³-hybridized carbons (Fsp3) is 0.500. The van der Waals surface area contributed by atoms with Gasteiger partial charge in [0.1, 0.15) is 10.6 Å². The Balaban J connectivity index is 2.84. The van der Waals surface area contributed by atoms with Crippen LogP contribution in [0, 0.1) is 6.92 Å². The minimum atomic E-state index is -0.588. The minimum absolute atomic E-state index is 0.339. The van der Waals surface area contributed by atoms with E-state index < -0.39 is 17.7 Å². The zero-order chi connectivity index (χ0) is 13.9. The molecule has 0 aliphatic carbocycles. The summed E-state index contributed by atoms with van der Waals surface area (Å²) in [5.74, 6) is -0.481. The third-order valence-electron chi connectivity index (χ3n) is 1.88. The molecular weight excluding hydrogens is 254 g/mol. The summed E-state index contributed by atoms with van der Waals surface area (Å²) < 4.78 is 9.77. The number of nitrogens with one attached hydrogen (secondary N) is 1. The SMILES string of the molecule is COC(=O)c1cc(C)sc1NC(=O)OC(C)(C)C. The first-order chi connectivity index (χ1) is 8.23. The molecule has 18 heavy (non-hydrogen) atoms. The first kappa shape index (κ1) is 14.5. The van der Waals surface area contributed by atoms with E-state index in [1.807, 2.05) is 6.92 Å². The Bertz CT molecular complexity index is 459. The maximum absolute atomic E-state index is 11.6. The van der Waals surface area contributed by atoms with Gasteiger partial charge in [-0.1, -0.05) is 0 Å². The molecule has 0 saturated heterocycles. The highest BCUT2D eigenvalue weighted by atomic mass is 32.1. The van der Waals surface area contributed by atoms with Crippen LogP contribution < -0.4 is 5.32 Å². The molecule has 0 spiro atoms. The lowest BCUT2D eigenvalue weighted by Crippen LogP contribution is -2.27. The van der Waals surface area contributed by atoms with E-state index in [2.05, 4.69) is 10.1 Å². The van der Waals surface area contributed by atoms with Crippen molar-refractivity contribution in [3.63, 3.8) is 0 Å². The zero-order valence-electron chi connectivity index (χ0n) is 11.1. The van der Waals surface area contributed by atoms with Gasteiger partial charge in [0.15, 0.2) is 0 Å². The van der Waals surface area contributed by atoms with Gasteiger partial charge >= 0.3 is 12.1 Å². The van der Waals surface area contributed by atoms with E-state index in [-0.39, 0.29) is 0 Å². The van der Waals surface area contributed by atoms with Crippen LogP contribution in [0.2, 0.25) is 0 Å². The lowest BCUT2D eigenvalue weighted by atomic mass is 10.2. The normalized spacial score (nSPS) is 10.9. The molecule has 1 rings (SSSR count). The molecule has 0 radical (unpaired) electrons. The van der Waals surface area contributed by atoms with Crippen molar-refractivity contribution in [1.82, 2.24) is 0 Å². The molecule has 0 bridgehead atoms. The number of hydrogen-bond donors (Lipinski definition) is 1. The number of amides is 1. The van der Waals surface area contributed by atoms with Gasteiger partial charge in [-0.3, -0.25) is 5.32 Å². The Hall–Kier alpha value is -1.56. The van der Waals surface area contributed by atoms with Crippen LogP contribution in [0.15, 0.2) is 6.07 Å². The molecule has 100 valence electrons. The summed E-state index contributed by atoms with van der Waals surface area (Å²) >= 11 is 1.30. The second-order valence-electron chi connectivity index (χ2n) is 4.72. The van der Waals surface area contributed by atoms with Crippen molar-refractivity contribution in [2.75, 3.05) is 12.4 Å². The van der Waals surface area contributed by atoms with E-state index in [0.717, 1.165) is 4.88 Å². The van der Waals surface area contributed by atoms with E-state index in [9.17, 15) is 9.59 Å². The van der Waals surface area contributed by atoms with E-state index in [1.54, 1.807) is 26.8 Å². The summed E-state index contributed by atoms with van der Waals surface area (Å²) in [5.41, 5.74) is -0.243. The second-order valence-corrected chi connectivity index (χ2v) is 5.97. The monoisotopic (exact) mass is 271 g/mol. The highest BCUT2D eigenvalue weighted by Crippen LogP contribution is 2.28. The van der Waals surface area contributed by atoms with E-state index in [4.69, 9.17) is 4.74 Å². The molecule has 1 aromatic heterocycles. The number of ether oxygens (including phenoxy) is 2. The quantitative estimate of drug-likeness (QED) is 0.839. The van der Waals surface area contributed by atoms with Crippen LogP contribution in [0.5, 0.6) is 0 Å². The number of carbonyl (C=O) groups excluding carboxylic acids is 2. The van der Waals surface area contributed by atoms with Crippen LogP contribution in [0.3, 0.4) is 0 Å². The molecule has 0 aliphatic rings. The summed E-state index contributed by atoms with van der Waals surface area (Å²) in [6.07, 6.45) is -0.588. The number of anilines is 1. The topological polar surface area (TPSA) is 64.6 Å². The fourth-order valence-corrected chi connectivity index (χ4v) is 2.15. The first-order valence-corrected chi connectivity index (χ1v) is 6.23. The maximum Gasteiger partial charge on any atom is 0.412 e. The summed E-state index contributed by atoms with van der Waals surface area (Å²) in [6.45, 7) is 7.16. The van der Waals surface area contributed by atoms with Crippen molar-refractivity contribution < 1.29 is 19.1 Å². The molecule has 0 aromatic carbocycles. The van der Waals surface area contributed by atoms with Crippen LogP contribution in [0.1, 0.15) is 36.0 Å². The van der Waals surface area contributed by atoms with Gasteiger partial charge in [-0.05, 0) is 33.8 Å². The number of esters is 1.